The molecule has 0 spiro atoms. The summed E-state index contributed by atoms with van der Waals surface area (Å²) < 4.78 is 29.4. The molecule has 7 nitrogen and oxygen atoms in total. The molecular weight excluding hydrogens is 412 g/mol. The van der Waals surface area contributed by atoms with Gasteiger partial charge in [-0.25, -0.2) is 8.42 Å². The molecule has 0 atom stereocenters. The Hall–Kier alpha value is -2.68. The van der Waals surface area contributed by atoms with Gasteiger partial charge in [0, 0.05) is 36.7 Å². The molecule has 0 saturated carbocycles. The number of nitrogens with two attached hydrogens (primary N) is 1. The molecule has 150 valence electrons. The van der Waals surface area contributed by atoms with Crippen LogP contribution >= 0.6 is 11.6 Å². The molecule has 1 aliphatic rings. The largest absolute Gasteiger partial charge is 0.365 e. The number of benzene rings is 1. The van der Waals surface area contributed by atoms with Crippen LogP contribution in [-0.4, -0.2) is 34.7 Å². The van der Waals surface area contributed by atoms with E-state index < -0.39 is 15.9 Å². The van der Waals surface area contributed by atoms with E-state index >= 15 is 0 Å². The number of aryl methyl sites for hydroxylation is 1. The number of hydrogen-bond donors (Lipinski definition) is 1. The number of fused-ring (bicyclic) bond motifs is 1. The van der Waals surface area contributed by atoms with Gasteiger partial charge in [0.1, 0.15) is 0 Å². The second-order valence-electron chi connectivity index (χ2n) is 6.89. The van der Waals surface area contributed by atoms with Crippen molar-refractivity contribution in [3.63, 3.8) is 0 Å². The Kier molecular flexibility index (Phi) is 4.94. The zero-order valence-corrected chi connectivity index (χ0v) is 17.2. The van der Waals surface area contributed by atoms with Gasteiger partial charge in [-0.2, -0.15) is 4.31 Å². The van der Waals surface area contributed by atoms with Gasteiger partial charge in [0.25, 0.3) is 5.91 Å². The third-order valence-electron chi connectivity index (χ3n) is 5.05. The van der Waals surface area contributed by atoms with E-state index in [1.165, 1.54) is 4.31 Å². The van der Waals surface area contributed by atoms with Gasteiger partial charge in [-0.3, -0.25) is 9.78 Å². The molecule has 0 radical (unpaired) electrons. The predicted molar refractivity (Wildman–Crippen MR) is 110 cm³/mol. The summed E-state index contributed by atoms with van der Waals surface area (Å²) in [6.45, 7) is 2.50. The van der Waals surface area contributed by atoms with Crippen molar-refractivity contribution in [2.45, 2.75) is 24.9 Å². The Morgan fingerprint density at radius 2 is 1.90 bits per heavy atom. The SMILES string of the molecule is Cc1ccc(S(=O)(=O)N2CCn3c(c(C(N)=O)c(Cl)c3-c3cccnc3)C2)cc1. The van der Waals surface area contributed by atoms with E-state index in [4.69, 9.17) is 17.3 Å². The number of halogens is 1. The summed E-state index contributed by atoms with van der Waals surface area (Å²) in [5, 5.41) is 0.218. The van der Waals surface area contributed by atoms with Crippen LogP contribution in [0.5, 0.6) is 0 Å². The zero-order chi connectivity index (χ0) is 20.8. The van der Waals surface area contributed by atoms with Gasteiger partial charge in [-0.1, -0.05) is 29.3 Å². The second-order valence-corrected chi connectivity index (χ2v) is 9.21. The maximum absolute atomic E-state index is 13.1. The van der Waals surface area contributed by atoms with Crippen molar-refractivity contribution in [2.75, 3.05) is 6.54 Å². The summed E-state index contributed by atoms with van der Waals surface area (Å²) in [4.78, 5) is 16.5. The lowest BCUT2D eigenvalue weighted by Crippen LogP contribution is -2.39. The molecule has 2 N–H and O–H groups in total. The van der Waals surface area contributed by atoms with Crippen LogP contribution in [0.15, 0.2) is 53.7 Å². The maximum Gasteiger partial charge on any atom is 0.252 e. The monoisotopic (exact) mass is 430 g/mol. The first-order valence-electron chi connectivity index (χ1n) is 8.98. The Morgan fingerprint density at radius 1 is 1.17 bits per heavy atom. The molecule has 4 rings (SSSR count). The maximum atomic E-state index is 13.1. The number of primary amides is 1. The molecular formula is C20H19ClN4O3S. The lowest BCUT2D eigenvalue weighted by atomic mass is 10.1. The number of aromatic nitrogens is 2. The molecule has 29 heavy (non-hydrogen) atoms. The van der Waals surface area contributed by atoms with Gasteiger partial charge in [-0.15, -0.1) is 0 Å². The highest BCUT2D eigenvalue weighted by Gasteiger charge is 2.34. The van der Waals surface area contributed by atoms with Crippen LogP contribution in [0.4, 0.5) is 0 Å². The highest BCUT2D eigenvalue weighted by Crippen LogP contribution is 2.38. The van der Waals surface area contributed by atoms with Crippen molar-refractivity contribution in [2.24, 2.45) is 5.73 Å². The Morgan fingerprint density at radius 3 is 2.52 bits per heavy atom. The third kappa shape index (κ3) is 3.33. The molecule has 0 bridgehead atoms. The van der Waals surface area contributed by atoms with Crippen molar-refractivity contribution in [3.05, 3.63) is 70.6 Å². The number of pyridine rings is 1. The van der Waals surface area contributed by atoms with Gasteiger partial charge in [0.05, 0.1) is 27.7 Å². The molecule has 1 aliphatic heterocycles. The summed E-state index contributed by atoms with van der Waals surface area (Å²) in [5.74, 6) is -0.691. The number of nitrogens with zero attached hydrogens (tertiary/aromatic N) is 3. The highest BCUT2D eigenvalue weighted by molar-refractivity contribution is 7.89. The summed E-state index contributed by atoms with van der Waals surface area (Å²) in [6.07, 6.45) is 3.29. The smallest absolute Gasteiger partial charge is 0.252 e. The summed E-state index contributed by atoms with van der Waals surface area (Å²) in [6, 6.07) is 10.3. The molecule has 3 heterocycles. The Bertz CT molecular complexity index is 1190. The van der Waals surface area contributed by atoms with Crippen molar-refractivity contribution >= 4 is 27.5 Å². The van der Waals surface area contributed by atoms with E-state index in [9.17, 15) is 13.2 Å². The van der Waals surface area contributed by atoms with E-state index in [0.717, 1.165) is 11.1 Å². The van der Waals surface area contributed by atoms with Gasteiger partial charge in [0.2, 0.25) is 10.0 Å². The quantitative estimate of drug-likeness (QED) is 0.688. The molecule has 2 aromatic heterocycles. The van der Waals surface area contributed by atoms with Gasteiger partial charge in [0.15, 0.2) is 0 Å². The molecule has 0 unspecified atom stereocenters. The number of sulfonamides is 1. The molecule has 3 aromatic rings. The average Bonchev–Trinajstić information content (AvgIpc) is 3.00. The fraction of sp³-hybridized carbons (Fsp3) is 0.200. The first kappa shape index (κ1) is 19.6. The number of carbonyl (C=O) groups is 1. The molecule has 0 fully saturated rings. The molecule has 0 aliphatic carbocycles. The molecule has 1 aromatic carbocycles. The Balaban J connectivity index is 1.80. The fourth-order valence-corrected chi connectivity index (χ4v) is 5.41. The van der Waals surface area contributed by atoms with Gasteiger partial charge in [-0.05, 0) is 31.2 Å². The number of amides is 1. The lowest BCUT2D eigenvalue weighted by Gasteiger charge is -2.29. The first-order chi connectivity index (χ1) is 13.8. The van der Waals surface area contributed by atoms with Crippen molar-refractivity contribution in [1.82, 2.24) is 13.9 Å². The number of carbonyl (C=O) groups excluding carboxylic acids is 1. The van der Waals surface area contributed by atoms with Crippen molar-refractivity contribution < 1.29 is 13.2 Å². The van der Waals surface area contributed by atoms with Crippen LogP contribution in [0.1, 0.15) is 21.6 Å². The van der Waals surface area contributed by atoms with Crippen molar-refractivity contribution in [3.8, 4) is 11.3 Å². The molecule has 1 amide bonds. The fourth-order valence-electron chi connectivity index (χ4n) is 3.60. The topological polar surface area (TPSA) is 98.3 Å². The standard InChI is InChI=1S/C20H19ClN4O3S/c1-13-4-6-15(7-5-13)29(27,28)24-9-10-25-16(12-24)17(20(22)26)18(21)19(25)14-3-2-8-23-11-14/h2-8,11H,9-10,12H2,1H3,(H2,22,26). The lowest BCUT2D eigenvalue weighted by molar-refractivity contribution is 0.0998. The van der Waals surface area contributed by atoms with E-state index in [1.54, 1.807) is 42.7 Å². The molecule has 0 saturated heterocycles. The highest BCUT2D eigenvalue weighted by atomic mass is 35.5. The summed E-state index contributed by atoms with van der Waals surface area (Å²) in [7, 11) is -3.72. The van der Waals surface area contributed by atoms with Gasteiger partial charge < -0.3 is 10.3 Å². The van der Waals surface area contributed by atoms with E-state index in [-0.39, 0.29) is 28.6 Å². The summed E-state index contributed by atoms with van der Waals surface area (Å²) in [5.41, 5.74) is 8.56. The van der Waals surface area contributed by atoms with Gasteiger partial charge >= 0.3 is 0 Å². The van der Waals surface area contributed by atoms with Crippen LogP contribution in [0.25, 0.3) is 11.3 Å². The van der Waals surface area contributed by atoms with E-state index in [0.29, 0.717) is 17.9 Å². The van der Waals surface area contributed by atoms with Crippen LogP contribution in [0, 0.1) is 6.92 Å². The van der Waals surface area contributed by atoms with Crippen LogP contribution in [0.3, 0.4) is 0 Å². The summed E-state index contributed by atoms with van der Waals surface area (Å²) >= 11 is 6.53. The minimum atomic E-state index is -3.72. The first-order valence-corrected chi connectivity index (χ1v) is 10.8. The van der Waals surface area contributed by atoms with E-state index in [1.807, 2.05) is 17.6 Å². The number of hydrogen-bond acceptors (Lipinski definition) is 4. The second kappa shape index (κ2) is 7.29. The minimum absolute atomic E-state index is 0.00840. The molecule has 9 heteroatoms. The van der Waals surface area contributed by atoms with E-state index in [2.05, 4.69) is 4.98 Å². The van der Waals surface area contributed by atoms with Crippen LogP contribution in [-0.2, 0) is 23.1 Å². The van der Waals surface area contributed by atoms with Crippen molar-refractivity contribution in [1.29, 1.82) is 0 Å². The predicted octanol–water partition coefficient (Wildman–Crippen LogP) is 2.82. The van der Waals surface area contributed by atoms with Crippen LogP contribution < -0.4 is 5.73 Å². The van der Waals surface area contributed by atoms with Crippen LogP contribution in [0.2, 0.25) is 5.02 Å². The Labute approximate surface area is 173 Å². The third-order valence-corrected chi connectivity index (χ3v) is 7.28. The minimum Gasteiger partial charge on any atom is -0.365 e. The zero-order valence-electron chi connectivity index (χ0n) is 15.7. The number of rotatable bonds is 4. The normalized spacial score (nSPS) is 14.6. The average molecular weight is 431 g/mol.